The van der Waals surface area contributed by atoms with Gasteiger partial charge in [-0.1, -0.05) is 11.6 Å². The molecule has 4 aromatic rings. The molecule has 1 amide bonds. The van der Waals surface area contributed by atoms with E-state index in [-0.39, 0.29) is 24.6 Å². The van der Waals surface area contributed by atoms with Crippen molar-refractivity contribution in [1.82, 2.24) is 19.9 Å². The van der Waals surface area contributed by atoms with Crippen molar-refractivity contribution >= 4 is 50.4 Å². The van der Waals surface area contributed by atoms with E-state index in [1.807, 2.05) is 5.38 Å². The Morgan fingerprint density at radius 1 is 1.21 bits per heavy atom. The first-order valence-corrected chi connectivity index (χ1v) is 10.7. The Labute approximate surface area is 178 Å². The molecule has 10 heteroatoms. The maximum absolute atomic E-state index is 12.7. The van der Waals surface area contributed by atoms with Crippen LogP contribution in [0.5, 0.6) is 5.75 Å². The summed E-state index contributed by atoms with van der Waals surface area (Å²) in [7, 11) is 1.64. The maximum Gasteiger partial charge on any atom is 0.273 e. The summed E-state index contributed by atoms with van der Waals surface area (Å²) < 4.78 is 6.23. The highest BCUT2D eigenvalue weighted by Gasteiger charge is 2.17. The molecule has 1 N–H and O–H groups in total. The zero-order valence-electron chi connectivity index (χ0n) is 15.2. The van der Waals surface area contributed by atoms with Gasteiger partial charge in [-0.25, -0.2) is 9.97 Å². The number of halogens is 1. The number of thiophene rings is 1. The first kappa shape index (κ1) is 19.6. The monoisotopic (exact) mass is 446 g/mol. The number of fused-ring (bicyclic) bond motifs is 1. The first-order chi connectivity index (χ1) is 14.0. The second-order valence-electron chi connectivity index (χ2n) is 6.18. The normalized spacial score (nSPS) is 11.0. The lowest BCUT2D eigenvalue weighted by Gasteiger charge is -2.15. The third-order valence-corrected chi connectivity index (χ3v) is 6.02. The summed E-state index contributed by atoms with van der Waals surface area (Å²) in [4.78, 5) is 37.7. The summed E-state index contributed by atoms with van der Waals surface area (Å²) in [5.41, 5.74) is 0.757. The van der Waals surface area contributed by atoms with Crippen molar-refractivity contribution in [3.8, 4) is 5.75 Å². The van der Waals surface area contributed by atoms with Crippen LogP contribution in [-0.4, -0.2) is 32.8 Å². The van der Waals surface area contributed by atoms with E-state index in [1.165, 1.54) is 27.6 Å². The van der Waals surface area contributed by atoms with Gasteiger partial charge in [-0.15, -0.1) is 22.7 Å². The summed E-state index contributed by atoms with van der Waals surface area (Å²) in [6.45, 7) is 0.432. The number of benzene rings is 1. The number of ether oxygens (including phenoxy) is 1. The predicted octanol–water partition coefficient (Wildman–Crippen LogP) is 3.95. The van der Waals surface area contributed by atoms with E-state index in [0.717, 1.165) is 0 Å². The van der Waals surface area contributed by atoms with Gasteiger partial charge in [-0.3, -0.25) is 9.59 Å². The van der Waals surface area contributed by atoms with E-state index >= 15 is 0 Å². The smallest absolute Gasteiger partial charge is 0.273 e. The Morgan fingerprint density at radius 2 is 2.00 bits per heavy atom. The molecule has 29 heavy (non-hydrogen) atoms. The van der Waals surface area contributed by atoms with Crippen LogP contribution in [0.1, 0.15) is 21.3 Å². The van der Waals surface area contributed by atoms with Crippen molar-refractivity contribution in [3.05, 3.63) is 73.0 Å². The number of hydrogen-bond donors (Lipinski definition) is 1. The number of carbonyl (C=O) groups is 1. The van der Waals surface area contributed by atoms with Gasteiger partial charge in [-0.2, -0.15) is 0 Å². The molecular weight excluding hydrogens is 432 g/mol. The van der Waals surface area contributed by atoms with E-state index < -0.39 is 0 Å². The average Bonchev–Trinajstić information content (AvgIpc) is 3.36. The minimum Gasteiger partial charge on any atom is -0.486 e. The van der Waals surface area contributed by atoms with Gasteiger partial charge in [0.1, 0.15) is 33.6 Å². The Balaban J connectivity index is 1.40. The highest BCUT2D eigenvalue weighted by Crippen LogP contribution is 2.19. The number of carbonyl (C=O) groups excluding carboxylic acids is 1. The van der Waals surface area contributed by atoms with Gasteiger partial charge in [0.15, 0.2) is 0 Å². The third-order valence-electron chi connectivity index (χ3n) is 4.04. The van der Waals surface area contributed by atoms with Gasteiger partial charge in [0, 0.05) is 17.5 Å². The molecule has 0 saturated carbocycles. The number of nitrogens with one attached hydrogen (secondary N) is 1. The lowest BCUT2D eigenvalue weighted by atomic mass is 10.3. The van der Waals surface area contributed by atoms with Gasteiger partial charge in [-0.05, 0) is 35.7 Å². The zero-order chi connectivity index (χ0) is 20.4. The van der Waals surface area contributed by atoms with Crippen molar-refractivity contribution in [1.29, 1.82) is 0 Å². The largest absolute Gasteiger partial charge is 0.486 e. The number of aromatic nitrogens is 3. The molecule has 3 heterocycles. The average molecular weight is 447 g/mol. The van der Waals surface area contributed by atoms with Crippen LogP contribution in [0.2, 0.25) is 5.02 Å². The zero-order valence-corrected chi connectivity index (χ0v) is 17.6. The Morgan fingerprint density at radius 3 is 2.79 bits per heavy atom. The third kappa shape index (κ3) is 4.47. The van der Waals surface area contributed by atoms with Gasteiger partial charge < -0.3 is 14.6 Å². The van der Waals surface area contributed by atoms with Gasteiger partial charge in [0.2, 0.25) is 0 Å². The molecule has 0 aliphatic carbocycles. The van der Waals surface area contributed by atoms with Crippen molar-refractivity contribution < 1.29 is 9.53 Å². The van der Waals surface area contributed by atoms with E-state index in [9.17, 15) is 9.59 Å². The van der Waals surface area contributed by atoms with Gasteiger partial charge in [0.05, 0.1) is 12.1 Å². The second-order valence-corrected chi connectivity index (χ2v) is 8.47. The second kappa shape index (κ2) is 8.32. The molecule has 3 aromatic heterocycles. The molecule has 0 bridgehead atoms. The van der Waals surface area contributed by atoms with Crippen LogP contribution in [0.3, 0.4) is 0 Å². The molecule has 0 aliphatic heterocycles. The molecule has 0 fully saturated rings. The fourth-order valence-corrected chi connectivity index (χ4v) is 4.17. The lowest BCUT2D eigenvalue weighted by molar-refractivity contribution is 0.0776. The topological polar surface area (TPSA) is 88.2 Å². The summed E-state index contributed by atoms with van der Waals surface area (Å²) in [6.07, 6.45) is 0. The molecule has 0 unspecified atom stereocenters. The molecule has 1 aromatic carbocycles. The van der Waals surface area contributed by atoms with Crippen LogP contribution in [0, 0.1) is 0 Å². The minimum atomic E-state index is -0.257. The fraction of sp³-hybridized carbons (Fsp3) is 0.158. The molecule has 0 atom stereocenters. The number of H-pyrrole nitrogens is 1. The predicted molar refractivity (Wildman–Crippen MR) is 114 cm³/mol. The number of aromatic amines is 1. The van der Waals surface area contributed by atoms with Crippen LogP contribution in [-0.2, 0) is 13.2 Å². The highest BCUT2D eigenvalue weighted by atomic mass is 35.5. The molecule has 0 spiro atoms. The Bertz CT molecular complexity index is 1220. The highest BCUT2D eigenvalue weighted by molar-refractivity contribution is 7.17. The van der Waals surface area contributed by atoms with Crippen molar-refractivity contribution in [3.63, 3.8) is 0 Å². The summed E-state index contributed by atoms with van der Waals surface area (Å²) in [5, 5.41) is 4.82. The van der Waals surface area contributed by atoms with E-state index in [2.05, 4.69) is 15.0 Å². The lowest BCUT2D eigenvalue weighted by Crippen LogP contribution is -2.28. The Hall–Kier alpha value is -2.75. The first-order valence-electron chi connectivity index (χ1n) is 8.54. The number of amides is 1. The number of hydrogen-bond acceptors (Lipinski definition) is 7. The van der Waals surface area contributed by atoms with E-state index in [0.29, 0.717) is 37.5 Å². The molecule has 0 aliphatic rings. The van der Waals surface area contributed by atoms with Crippen LogP contribution < -0.4 is 10.3 Å². The van der Waals surface area contributed by atoms with Crippen LogP contribution in [0.25, 0.3) is 10.2 Å². The Kier molecular flexibility index (Phi) is 5.61. The molecule has 148 valence electrons. The summed E-state index contributed by atoms with van der Waals surface area (Å²) in [6, 6.07) is 8.82. The quantitative estimate of drug-likeness (QED) is 0.484. The molecule has 0 radical (unpaired) electrons. The van der Waals surface area contributed by atoms with E-state index in [4.69, 9.17) is 16.3 Å². The summed E-state index contributed by atoms with van der Waals surface area (Å²) >= 11 is 8.54. The van der Waals surface area contributed by atoms with Gasteiger partial charge >= 0.3 is 0 Å². The van der Waals surface area contributed by atoms with Gasteiger partial charge in [0.25, 0.3) is 11.5 Å². The molecular formula is C19H15ClN4O3S2. The van der Waals surface area contributed by atoms with Crippen LogP contribution in [0.4, 0.5) is 0 Å². The minimum absolute atomic E-state index is 0.175. The van der Waals surface area contributed by atoms with Crippen LogP contribution >= 0.6 is 34.3 Å². The summed E-state index contributed by atoms with van der Waals surface area (Å²) in [5.74, 6) is 0.846. The number of rotatable bonds is 6. The maximum atomic E-state index is 12.7. The van der Waals surface area contributed by atoms with Crippen molar-refractivity contribution in [2.75, 3.05) is 7.05 Å². The standard InChI is InChI=1S/C19H15ClN4O3S2/c1-24(8-15-21-13-6-7-28-17(13)18(25)23-15)19(26)14-10-29-16(22-14)9-27-12-4-2-11(20)3-5-12/h2-7,10H,8-9H2,1H3,(H,21,23,25). The van der Waals surface area contributed by atoms with Crippen molar-refractivity contribution in [2.24, 2.45) is 0 Å². The van der Waals surface area contributed by atoms with E-state index in [1.54, 1.807) is 42.8 Å². The number of nitrogens with zero attached hydrogens (tertiary/aromatic N) is 3. The molecule has 4 rings (SSSR count). The SMILES string of the molecule is CN(Cc1nc2ccsc2c(=O)[nH]1)C(=O)c1csc(COc2ccc(Cl)cc2)n1. The van der Waals surface area contributed by atoms with Crippen LogP contribution in [0.15, 0.2) is 45.9 Å². The number of thiazole rings is 1. The molecule has 0 saturated heterocycles. The fourth-order valence-electron chi connectivity index (χ4n) is 2.64. The van der Waals surface area contributed by atoms with Crippen molar-refractivity contribution in [2.45, 2.75) is 13.2 Å². The molecule has 7 nitrogen and oxygen atoms in total.